The third-order valence-electron chi connectivity index (χ3n) is 2.71. The second-order valence-corrected chi connectivity index (χ2v) is 6.15. The van der Waals surface area contributed by atoms with E-state index in [1.54, 1.807) is 18.2 Å². The lowest BCUT2D eigenvalue weighted by atomic mass is 10.1. The molecule has 0 bridgehead atoms. The lowest BCUT2D eigenvalue weighted by molar-refractivity contribution is -0.00406. The first kappa shape index (κ1) is 13.2. The standard InChI is InChI=1S/C12H13F2NO2S/c13-12(14,10-4-2-1-3-5-10)9-15-11-6-7-18(16,17)8-11/h1-7,11,15H,8-9H2. The first-order valence-corrected chi connectivity index (χ1v) is 7.18. The summed E-state index contributed by atoms with van der Waals surface area (Å²) in [6, 6.07) is 6.92. The lowest BCUT2D eigenvalue weighted by Gasteiger charge is -2.19. The Morgan fingerprint density at radius 3 is 2.50 bits per heavy atom. The van der Waals surface area contributed by atoms with Gasteiger partial charge in [-0.15, -0.1) is 0 Å². The van der Waals surface area contributed by atoms with E-state index in [1.165, 1.54) is 18.2 Å². The summed E-state index contributed by atoms with van der Waals surface area (Å²) in [6.45, 7) is -0.582. The summed E-state index contributed by atoms with van der Waals surface area (Å²) in [5, 5.41) is 3.62. The molecule has 1 atom stereocenters. The Bertz CT molecular complexity index is 540. The Labute approximate surface area is 104 Å². The molecule has 1 heterocycles. The van der Waals surface area contributed by atoms with E-state index in [0.29, 0.717) is 0 Å². The monoisotopic (exact) mass is 273 g/mol. The van der Waals surface area contributed by atoms with Crippen LogP contribution in [0.3, 0.4) is 0 Å². The number of hydrogen-bond acceptors (Lipinski definition) is 3. The van der Waals surface area contributed by atoms with Crippen molar-refractivity contribution < 1.29 is 17.2 Å². The maximum atomic E-state index is 13.8. The minimum absolute atomic E-state index is 0.0812. The topological polar surface area (TPSA) is 46.2 Å². The van der Waals surface area contributed by atoms with Crippen molar-refractivity contribution in [3.05, 3.63) is 47.4 Å². The number of nitrogens with one attached hydrogen (secondary N) is 1. The van der Waals surface area contributed by atoms with Crippen LogP contribution in [-0.2, 0) is 15.8 Å². The van der Waals surface area contributed by atoms with Gasteiger partial charge in [0, 0.05) is 17.0 Å². The minimum Gasteiger partial charge on any atom is -0.304 e. The van der Waals surface area contributed by atoms with Crippen molar-refractivity contribution in [2.24, 2.45) is 0 Å². The van der Waals surface area contributed by atoms with Gasteiger partial charge >= 0.3 is 0 Å². The molecule has 0 amide bonds. The lowest BCUT2D eigenvalue weighted by Crippen LogP contribution is -2.38. The molecule has 6 heteroatoms. The summed E-state index contributed by atoms with van der Waals surface area (Å²) in [6.07, 6.45) is 1.40. The fraction of sp³-hybridized carbons (Fsp3) is 0.333. The number of sulfone groups is 1. The highest BCUT2D eigenvalue weighted by atomic mass is 32.2. The normalized spacial score (nSPS) is 22.2. The van der Waals surface area contributed by atoms with Crippen LogP contribution >= 0.6 is 0 Å². The van der Waals surface area contributed by atoms with Gasteiger partial charge in [0.05, 0.1) is 12.3 Å². The highest BCUT2D eigenvalue weighted by Crippen LogP contribution is 2.27. The third kappa shape index (κ3) is 3.14. The molecular weight excluding hydrogens is 260 g/mol. The van der Waals surface area contributed by atoms with Gasteiger partial charge in [-0.2, -0.15) is 8.78 Å². The van der Waals surface area contributed by atoms with Crippen molar-refractivity contribution >= 4 is 9.84 Å². The maximum absolute atomic E-state index is 13.8. The summed E-state index contributed by atoms with van der Waals surface area (Å²) in [4.78, 5) is 0. The van der Waals surface area contributed by atoms with E-state index in [4.69, 9.17) is 0 Å². The van der Waals surface area contributed by atoms with Crippen molar-refractivity contribution in [3.8, 4) is 0 Å². The largest absolute Gasteiger partial charge is 0.304 e. The van der Waals surface area contributed by atoms with E-state index in [-0.39, 0.29) is 11.3 Å². The molecule has 1 unspecified atom stereocenters. The van der Waals surface area contributed by atoms with Gasteiger partial charge in [-0.3, -0.25) is 0 Å². The zero-order chi connectivity index (χ0) is 13.2. The van der Waals surface area contributed by atoms with Crippen LogP contribution in [0.1, 0.15) is 5.56 Å². The molecule has 0 saturated heterocycles. The van der Waals surface area contributed by atoms with Crippen molar-refractivity contribution in [2.45, 2.75) is 12.0 Å². The smallest absolute Gasteiger partial charge is 0.285 e. The molecule has 0 fully saturated rings. The second kappa shape index (κ2) is 4.78. The SMILES string of the molecule is O=S1(=O)C=CC(NCC(F)(F)c2ccccc2)C1. The van der Waals surface area contributed by atoms with Crippen molar-refractivity contribution in [1.29, 1.82) is 0 Å². The van der Waals surface area contributed by atoms with E-state index in [1.807, 2.05) is 0 Å². The third-order valence-corrected chi connectivity index (χ3v) is 4.11. The molecule has 98 valence electrons. The predicted octanol–water partition coefficient (Wildman–Crippen LogP) is 1.68. The predicted molar refractivity (Wildman–Crippen MR) is 65.1 cm³/mol. The van der Waals surface area contributed by atoms with Crippen molar-refractivity contribution in [2.75, 3.05) is 12.3 Å². The van der Waals surface area contributed by atoms with Gasteiger partial charge in [0.2, 0.25) is 0 Å². The van der Waals surface area contributed by atoms with Crippen LogP contribution in [0.2, 0.25) is 0 Å². The van der Waals surface area contributed by atoms with E-state index < -0.39 is 28.3 Å². The molecule has 1 aromatic carbocycles. The first-order chi connectivity index (χ1) is 8.39. The summed E-state index contributed by atoms with van der Waals surface area (Å²) in [7, 11) is -3.22. The van der Waals surface area contributed by atoms with Crippen LogP contribution in [0.5, 0.6) is 0 Å². The molecular formula is C12H13F2NO2S. The highest BCUT2D eigenvalue weighted by molar-refractivity contribution is 7.94. The second-order valence-electron chi connectivity index (χ2n) is 4.22. The molecule has 0 radical (unpaired) electrons. The molecule has 0 saturated carbocycles. The van der Waals surface area contributed by atoms with E-state index in [0.717, 1.165) is 5.41 Å². The van der Waals surface area contributed by atoms with Crippen LogP contribution in [0, 0.1) is 0 Å². The molecule has 0 spiro atoms. The molecule has 2 rings (SSSR count). The van der Waals surface area contributed by atoms with Crippen LogP contribution in [-0.4, -0.2) is 26.8 Å². The number of benzene rings is 1. The Morgan fingerprint density at radius 1 is 1.28 bits per heavy atom. The molecule has 1 aromatic rings. The molecule has 18 heavy (non-hydrogen) atoms. The number of alkyl halides is 2. The zero-order valence-corrected chi connectivity index (χ0v) is 10.3. The molecule has 1 aliphatic rings. The van der Waals surface area contributed by atoms with Gasteiger partial charge in [-0.1, -0.05) is 36.4 Å². The molecule has 3 nitrogen and oxygen atoms in total. The average molecular weight is 273 g/mol. The fourth-order valence-electron chi connectivity index (χ4n) is 1.75. The van der Waals surface area contributed by atoms with Crippen LogP contribution in [0.25, 0.3) is 0 Å². The highest BCUT2D eigenvalue weighted by Gasteiger charge is 2.32. The summed E-state index contributed by atoms with van der Waals surface area (Å²) < 4.78 is 49.8. The quantitative estimate of drug-likeness (QED) is 0.908. The van der Waals surface area contributed by atoms with Crippen molar-refractivity contribution in [1.82, 2.24) is 5.32 Å². The number of halogens is 2. The van der Waals surface area contributed by atoms with Gasteiger partial charge in [0.15, 0.2) is 9.84 Å². The van der Waals surface area contributed by atoms with Gasteiger partial charge in [-0.25, -0.2) is 8.42 Å². The Hall–Kier alpha value is -1.27. The van der Waals surface area contributed by atoms with Crippen LogP contribution in [0.15, 0.2) is 41.8 Å². The van der Waals surface area contributed by atoms with Gasteiger partial charge in [-0.05, 0) is 0 Å². The zero-order valence-electron chi connectivity index (χ0n) is 9.51. The number of rotatable bonds is 4. The molecule has 1 N–H and O–H groups in total. The molecule has 0 aliphatic carbocycles. The maximum Gasteiger partial charge on any atom is 0.285 e. The van der Waals surface area contributed by atoms with Gasteiger partial charge in [0.25, 0.3) is 5.92 Å². The van der Waals surface area contributed by atoms with Crippen LogP contribution < -0.4 is 5.32 Å². The van der Waals surface area contributed by atoms with Gasteiger partial charge < -0.3 is 5.32 Å². The summed E-state index contributed by atoms with van der Waals surface area (Å²) >= 11 is 0. The van der Waals surface area contributed by atoms with Crippen LogP contribution in [0.4, 0.5) is 8.78 Å². The van der Waals surface area contributed by atoms with E-state index in [2.05, 4.69) is 5.32 Å². The van der Waals surface area contributed by atoms with E-state index >= 15 is 0 Å². The average Bonchev–Trinajstić information content (AvgIpc) is 2.68. The number of hydrogen-bond donors (Lipinski definition) is 1. The molecule has 0 aromatic heterocycles. The molecule has 1 aliphatic heterocycles. The van der Waals surface area contributed by atoms with E-state index in [9.17, 15) is 17.2 Å². The fourth-order valence-corrected chi connectivity index (χ4v) is 3.02. The Kier molecular flexibility index (Phi) is 3.49. The summed E-state index contributed by atoms with van der Waals surface area (Å²) in [5.74, 6) is -3.17. The minimum atomic E-state index is -3.22. The summed E-state index contributed by atoms with van der Waals surface area (Å²) in [5.41, 5.74) is -0.0812. The van der Waals surface area contributed by atoms with Crippen molar-refractivity contribution in [3.63, 3.8) is 0 Å². The Morgan fingerprint density at radius 2 is 1.94 bits per heavy atom. The first-order valence-electron chi connectivity index (χ1n) is 5.47. The Balaban J connectivity index is 1.97. The van der Waals surface area contributed by atoms with Gasteiger partial charge in [0.1, 0.15) is 0 Å².